The van der Waals surface area contributed by atoms with E-state index in [1.807, 2.05) is 6.07 Å². The third kappa shape index (κ3) is 1.91. The van der Waals surface area contributed by atoms with Gasteiger partial charge in [-0.15, -0.1) is 0 Å². The number of halogens is 1. The first-order valence-electron chi connectivity index (χ1n) is 6.05. The summed E-state index contributed by atoms with van der Waals surface area (Å²) >= 11 is 3.23. The van der Waals surface area contributed by atoms with E-state index in [1.54, 1.807) is 0 Å². The number of nitriles is 1. The largest absolute Gasteiger partial charge is 0.384 e. The van der Waals surface area contributed by atoms with Crippen LogP contribution in [0.4, 0.5) is 5.82 Å². The molecular formula is C14H7BrN4O3. The van der Waals surface area contributed by atoms with Crippen LogP contribution in [0.15, 0.2) is 33.5 Å². The Morgan fingerprint density at radius 1 is 1.18 bits per heavy atom. The van der Waals surface area contributed by atoms with Gasteiger partial charge in [0, 0.05) is 10.5 Å². The summed E-state index contributed by atoms with van der Waals surface area (Å²) in [7, 11) is 0. The van der Waals surface area contributed by atoms with Crippen LogP contribution in [0.1, 0.15) is 26.3 Å². The van der Waals surface area contributed by atoms with E-state index in [9.17, 15) is 14.4 Å². The van der Waals surface area contributed by atoms with Gasteiger partial charge in [-0.05, 0) is 34.1 Å². The molecule has 2 amide bonds. The molecule has 2 aromatic rings. The third-order valence-electron chi connectivity index (χ3n) is 3.28. The second kappa shape index (κ2) is 4.82. The highest BCUT2D eigenvalue weighted by Crippen LogP contribution is 2.25. The van der Waals surface area contributed by atoms with Gasteiger partial charge in [-0.25, -0.2) is 0 Å². The van der Waals surface area contributed by atoms with Crippen molar-refractivity contribution in [2.24, 2.45) is 0 Å². The van der Waals surface area contributed by atoms with E-state index in [0.29, 0.717) is 15.7 Å². The van der Waals surface area contributed by atoms with E-state index >= 15 is 0 Å². The number of benzene rings is 1. The minimum Gasteiger partial charge on any atom is -0.384 e. The fraction of sp³-hybridized carbons (Fsp3) is 0. The minimum atomic E-state index is -0.642. The molecule has 0 aliphatic carbocycles. The number of anilines is 1. The van der Waals surface area contributed by atoms with Crippen molar-refractivity contribution in [2.45, 2.75) is 0 Å². The summed E-state index contributed by atoms with van der Waals surface area (Å²) in [5, 5.41) is 11.0. The smallest absolute Gasteiger partial charge is 0.262 e. The fourth-order valence-corrected chi connectivity index (χ4v) is 2.73. The molecule has 0 spiro atoms. The number of fused-ring (bicyclic) bond motifs is 1. The molecule has 0 saturated carbocycles. The molecular weight excluding hydrogens is 352 g/mol. The average molecular weight is 359 g/mol. The SMILES string of the molecule is N#Cc1ccc(-n2c(N)c3c(cc2=O)C(=O)NC3=O)cc1Br. The van der Waals surface area contributed by atoms with E-state index < -0.39 is 17.4 Å². The molecule has 1 aliphatic rings. The molecule has 1 aromatic carbocycles. The quantitative estimate of drug-likeness (QED) is 0.735. The molecule has 2 heterocycles. The number of nitrogens with one attached hydrogen (secondary N) is 1. The number of imide groups is 1. The maximum Gasteiger partial charge on any atom is 0.262 e. The first kappa shape index (κ1) is 14.0. The number of nitrogens with zero attached hydrogens (tertiary/aromatic N) is 2. The fourth-order valence-electron chi connectivity index (χ4n) is 2.28. The maximum atomic E-state index is 12.2. The molecule has 0 atom stereocenters. The van der Waals surface area contributed by atoms with E-state index in [1.165, 1.54) is 18.2 Å². The number of carbonyl (C=O) groups is 2. The van der Waals surface area contributed by atoms with Crippen molar-refractivity contribution < 1.29 is 9.59 Å². The highest BCUT2D eigenvalue weighted by molar-refractivity contribution is 9.10. The van der Waals surface area contributed by atoms with Crippen molar-refractivity contribution in [3.05, 3.63) is 55.8 Å². The zero-order chi connectivity index (χ0) is 16.0. The highest BCUT2D eigenvalue weighted by atomic mass is 79.9. The Balaban J connectivity index is 2.30. The molecule has 108 valence electrons. The summed E-state index contributed by atoms with van der Waals surface area (Å²) in [6.45, 7) is 0. The highest BCUT2D eigenvalue weighted by Gasteiger charge is 2.31. The predicted molar refractivity (Wildman–Crippen MR) is 80.7 cm³/mol. The Labute approximate surface area is 132 Å². The van der Waals surface area contributed by atoms with Crippen molar-refractivity contribution in [2.75, 3.05) is 5.73 Å². The topological polar surface area (TPSA) is 118 Å². The lowest BCUT2D eigenvalue weighted by Gasteiger charge is -2.12. The molecule has 0 fully saturated rings. The van der Waals surface area contributed by atoms with Gasteiger partial charge in [0.25, 0.3) is 17.4 Å². The Bertz CT molecular complexity index is 956. The summed E-state index contributed by atoms with van der Waals surface area (Å²) < 4.78 is 1.60. The van der Waals surface area contributed by atoms with Crippen LogP contribution in [0.25, 0.3) is 5.69 Å². The van der Waals surface area contributed by atoms with E-state index in [0.717, 1.165) is 10.6 Å². The van der Waals surface area contributed by atoms with Crippen LogP contribution in [0.2, 0.25) is 0 Å². The van der Waals surface area contributed by atoms with Crippen molar-refractivity contribution in [1.29, 1.82) is 5.26 Å². The van der Waals surface area contributed by atoms with Gasteiger partial charge in [0.2, 0.25) is 0 Å². The molecule has 22 heavy (non-hydrogen) atoms. The molecule has 3 rings (SSSR count). The first-order chi connectivity index (χ1) is 10.4. The lowest BCUT2D eigenvalue weighted by Crippen LogP contribution is -2.24. The molecule has 1 aromatic heterocycles. The van der Waals surface area contributed by atoms with E-state index in [2.05, 4.69) is 21.2 Å². The molecule has 0 unspecified atom stereocenters. The normalized spacial score (nSPS) is 12.7. The lowest BCUT2D eigenvalue weighted by molar-refractivity contribution is 0.0880. The number of pyridine rings is 1. The summed E-state index contributed by atoms with van der Waals surface area (Å²) in [5.74, 6) is -1.40. The number of amides is 2. The van der Waals surface area contributed by atoms with E-state index in [-0.39, 0.29) is 16.9 Å². The van der Waals surface area contributed by atoms with Gasteiger partial charge < -0.3 is 5.73 Å². The zero-order valence-corrected chi connectivity index (χ0v) is 12.5. The Hall–Kier alpha value is -2.92. The monoisotopic (exact) mass is 358 g/mol. The first-order valence-corrected chi connectivity index (χ1v) is 6.84. The van der Waals surface area contributed by atoms with Crippen molar-refractivity contribution >= 4 is 33.6 Å². The Kier molecular flexibility index (Phi) is 3.08. The number of rotatable bonds is 1. The molecule has 8 heteroatoms. The van der Waals surface area contributed by atoms with Gasteiger partial charge in [-0.3, -0.25) is 24.3 Å². The molecule has 0 bridgehead atoms. The summed E-state index contributed by atoms with van der Waals surface area (Å²) in [6, 6.07) is 7.64. The van der Waals surface area contributed by atoms with E-state index in [4.69, 9.17) is 11.0 Å². The summed E-state index contributed by atoms with van der Waals surface area (Å²) in [6.07, 6.45) is 0. The van der Waals surface area contributed by atoms with Crippen molar-refractivity contribution in [3.8, 4) is 11.8 Å². The van der Waals surface area contributed by atoms with Crippen molar-refractivity contribution in [3.63, 3.8) is 0 Å². The second-order valence-corrected chi connectivity index (χ2v) is 5.41. The van der Waals surface area contributed by atoms with Gasteiger partial charge in [0.15, 0.2) is 0 Å². The standard InChI is InChI=1S/C14H7BrN4O3/c15-9-3-7(2-1-6(9)5-16)19-10(20)4-8-11(12(19)17)14(22)18-13(8)21/h1-4H,17H2,(H,18,21,22). The zero-order valence-electron chi connectivity index (χ0n) is 10.9. The second-order valence-electron chi connectivity index (χ2n) is 4.55. The van der Waals surface area contributed by atoms with Gasteiger partial charge in [-0.1, -0.05) is 0 Å². The molecule has 7 nitrogen and oxygen atoms in total. The van der Waals surface area contributed by atoms with Crippen LogP contribution in [-0.4, -0.2) is 16.4 Å². The number of hydrogen-bond donors (Lipinski definition) is 2. The van der Waals surface area contributed by atoms with Gasteiger partial charge in [0.1, 0.15) is 11.9 Å². The van der Waals surface area contributed by atoms with Crippen LogP contribution < -0.4 is 16.6 Å². The Morgan fingerprint density at radius 2 is 1.91 bits per heavy atom. The lowest BCUT2D eigenvalue weighted by atomic mass is 10.1. The number of nitrogens with two attached hydrogens (primary N) is 1. The summed E-state index contributed by atoms with van der Waals surface area (Å²) in [5.41, 5.74) is 6.08. The van der Waals surface area contributed by atoms with Crippen LogP contribution in [0.3, 0.4) is 0 Å². The Morgan fingerprint density at radius 3 is 2.55 bits per heavy atom. The van der Waals surface area contributed by atoms with Gasteiger partial charge in [0.05, 0.1) is 22.4 Å². The molecule has 1 aliphatic heterocycles. The van der Waals surface area contributed by atoms with Crippen LogP contribution in [0, 0.1) is 11.3 Å². The molecule has 0 radical (unpaired) electrons. The van der Waals surface area contributed by atoms with Gasteiger partial charge in [-0.2, -0.15) is 5.26 Å². The number of nitrogen functional groups attached to an aromatic ring is 1. The van der Waals surface area contributed by atoms with Crippen LogP contribution in [-0.2, 0) is 0 Å². The van der Waals surface area contributed by atoms with Crippen molar-refractivity contribution in [1.82, 2.24) is 9.88 Å². The number of aromatic nitrogens is 1. The molecule has 3 N–H and O–H groups in total. The van der Waals surface area contributed by atoms with Crippen LogP contribution in [0.5, 0.6) is 0 Å². The molecule has 0 saturated heterocycles. The maximum absolute atomic E-state index is 12.2. The number of carbonyl (C=O) groups excluding carboxylic acids is 2. The third-order valence-corrected chi connectivity index (χ3v) is 3.94. The number of hydrogen-bond acceptors (Lipinski definition) is 5. The summed E-state index contributed by atoms with van der Waals surface area (Å²) in [4.78, 5) is 35.6. The van der Waals surface area contributed by atoms with Crippen LogP contribution >= 0.6 is 15.9 Å². The predicted octanol–water partition coefficient (Wildman–Crippen LogP) is 0.937. The minimum absolute atomic E-state index is 0.0231. The average Bonchev–Trinajstić information content (AvgIpc) is 2.74. The van der Waals surface area contributed by atoms with Gasteiger partial charge >= 0.3 is 0 Å².